The van der Waals surface area contributed by atoms with Crippen LogP contribution in [0.25, 0.3) is 0 Å². The van der Waals surface area contributed by atoms with Crippen LogP contribution >= 0.6 is 0 Å². The van der Waals surface area contributed by atoms with Crippen LogP contribution in [0.4, 0.5) is 9.18 Å². The van der Waals surface area contributed by atoms with Crippen LogP contribution in [0, 0.1) is 0 Å². The zero-order valence-corrected chi connectivity index (χ0v) is 14.5. The predicted octanol–water partition coefficient (Wildman–Crippen LogP) is 0.434. The molecule has 1 aromatic heterocycles. The largest absolute Gasteiger partial charge is 0.444 e. The van der Waals surface area contributed by atoms with Crippen molar-refractivity contribution in [3.05, 3.63) is 16.3 Å². The summed E-state index contributed by atoms with van der Waals surface area (Å²) in [5.74, 6) is -0.116. The van der Waals surface area contributed by atoms with E-state index in [9.17, 15) is 18.8 Å². The van der Waals surface area contributed by atoms with Crippen LogP contribution in [-0.2, 0) is 16.1 Å². The number of aromatic nitrogens is 3. The highest BCUT2D eigenvalue weighted by molar-refractivity contribution is 5.82. The fraction of sp³-hybridized carbons (Fsp3) is 0.733. The minimum Gasteiger partial charge on any atom is -0.444 e. The average molecular weight is 355 g/mol. The fourth-order valence-corrected chi connectivity index (χ4v) is 3.08. The molecule has 1 aromatic rings. The maximum absolute atomic E-state index is 13.4. The van der Waals surface area contributed by atoms with Crippen LogP contribution in [0.5, 0.6) is 0 Å². The first-order chi connectivity index (χ1) is 11.7. The van der Waals surface area contributed by atoms with Gasteiger partial charge >= 0.3 is 11.8 Å². The van der Waals surface area contributed by atoms with E-state index < -0.39 is 35.5 Å². The molecule has 2 amide bonds. The van der Waals surface area contributed by atoms with Crippen molar-refractivity contribution in [2.24, 2.45) is 0 Å². The van der Waals surface area contributed by atoms with Crippen molar-refractivity contribution < 1.29 is 18.7 Å². The molecule has 0 saturated carbocycles. The van der Waals surface area contributed by atoms with Crippen molar-refractivity contribution in [2.45, 2.75) is 51.6 Å². The van der Waals surface area contributed by atoms with Gasteiger partial charge in [0.15, 0.2) is 5.82 Å². The second-order valence-electron chi connectivity index (χ2n) is 7.36. The van der Waals surface area contributed by atoms with Crippen molar-refractivity contribution in [2.75, 3.05) is 19.6 Å². The standard InChI is InChI=1S/C15H22FN5O4/c1-15(2,3)25-14(24)20-7-10(12(22)19-5-4-9(16)6-19)21-11(8-20)17-18-13(21)23/h9-10H,4-8H2,1-3H3,(H,18,23)/t9-,10+/m0/s1. The number of carbonyl (C=O) groups excluding carboxylic acids is 2. The van der Waals surface area contributed by atoms with Gasteiger partial charge in [0.2, 0.25) is 5.91 Å². The fourth-order valence-electron chi connectivity index (χ4n) is 3.08. The Morgan fingerprint density at radius 3 is 2.60 bits per heavy atom. The Morgan fingerprint density at radius 2 is 2.00 bits per heavy atom. The minimum atomic E-state index is -1.06. The van der Waals surface area contributed by atoms with Gasteiger partial charge in [-0.15, -0.1) is 0 Å². The van der Waals surface area contributed by atoms with Crippen molar-refractivity contribution in [1.29, 1.82) is 0 Å². The van der Waals surface area contributed by atoms with Gasteiger partial charge in [-0.05, 0) is 27.2 Å². The summed E-state index contributed by atoms with van der Waals surface area (Å²) in [5, 5.41) is 6.20. The van der Waals surface area contributed by atoms with Crippen LogP contribution in [0.3, 0.4) is 0 Å². The van der Waals surface area contributed by atoms with E-state index in [0.29, 0.717) is 6.54 Å². The molecule has 2 aliphatic rings. The number of amides is 2. The van der Waals surface area contributed by atoms with Crippen molar-refractivity contribution in [3.8, 4) is 0 Å². The molecule has 3 rings (SSSR count). The molecule has 10 heteroatoms. The Kier molecular flexibility index (Phi) is 4.29. The highest BCUT2D eigenvalue weighted by Gasteiger charge is 2.40. The number of nitrogens with one attached hydrogen (secondary N) is 1. The maximum Gasteiger partial charge on any atom is 0.410 e. The molecular formula is C15H22FN5O4. The summed E-state index contributed by atoms with van der Waals surface area (Å²) < 4.78 is 20.0. The molecule has 25 heavy (non-hydrogen) atoms. The van der Waals surface area contributed by atoms with E-state index in [4.69, 9.17) is 4.74 Å². The van der Waals surface area contributed by atoms with E-state index >= 15 is 0 Å². The van der Waals surface area contributed by atoms with Crippen molar-refractivity contribution >= 4 is 12.0 Å². The zero-order valence-electron chi connectivity index (χ0n) is 14.5. The Bertz CT molecular complexity index is 737. The summed E-state index contributed by atoms with van der Waals surface area (Å²) in [6.07, 6.45) is -1.37. The molecule has 0 aromatic carbocycles. The number of H-pyrrole nitrogens is 1. The lowest BCUT2D eigenvalue weighted by Crippen LogP contribution is -2.50. The zero-order chi connectivity index (χ0) is 18.4. The molecule has 0 unspecified atom stereocenters. The van der Waals surface area contributed by atoms with Gasteiger partial charge in [-0.1, -0.05) is 0 Å². The van der Waals surface area contributed by atoms with Crippen LogP contribution in [0.15, 0.2) is 4.79 Å². The first-order valence-electron chi connectivity index (χ1n) is 8.22. The molecule has 2 atom stereocenters. The van der Waals surface area contributed by atoms with Gasteiger partial charge in [0, 0.05) is 6.54 Å². The second-order valence-corrected chi connectivity index (χ2v) is 7.36. The van der Waals surface area contributed by atoms with Crippen molar-refractivity contribution in [3.63, 3.8) is 0 Å². The number of likely N-dealkylation sites (tertiary alicyclic amines) is 1. The second kappa shape index (κ2) is 6.16. The Morgan fingerprint density at radius 1 is 1.28 bits per heavy atom. The van der Waals surface area contributed by atoms with Gasteiger partial charge < -0.3 is 9.64 Å². The molecule has 1 N–H and O–H groups in total. The number of rotatable bonds is 1. The van der Waals surface area contributed by atoms with E-state index in [1.807, 2.05) is 0 Å². The van der Waals surface area contributed by atoms with Gasteiger partial charge in [-0.2, -0.15) is 5.10 Å². The lowest BCUT2D eigenvalue weighted by Gasteiger charge is -2.35. The van der Waals surface area contributed by atoms with Crippen LogP contribution in [0.2, 0.25) is 0 Å². The maximum atomic E-state index is 13.4. The van der Waals surface area contributed by atoms with Crippen LogP contribution < -0.4 is 5.69 Å². The first-order valence-corrected chi connectivity index (χ1v) is 8.22. The molecule has 1 fully saturated rings. The predicted molar refractivity (Wildman–Crippen MR) is 84.6 cm³/mol. The summed E-state index contributed by atoms with van der Waals surface area (Å²) in [5.41, 5.74) is -1.21. The number of carbonyl (C=O) groups is 2. The van der Waals surface area contributed by atoms with Crippen LogP contribution in [0.1, 0.15) is 39.1 Å². The lowest BCUT2D eigenvalue weighted by atomic mass is 10.1. The topological polar surface area (TPSA) is 101 Å². The number of halogens is 1. The lowest BCUT2D eigenvalue weighted by molar-refractivity contribution is -0.135. The number of hydrogen-bond donors (Lipinski definition) is 1. The molecule has 0 aliphatic carbocycles. The number of alkyl halides is 1. The quantitative estimate of drug-likeness (QED) is 0.787. The third-order valence-corrected chi connectivity index (χ3v) is 4.19. The van der Waals surface area contributed by atoms with Gasteiger partial charge in [0.1, 0.15) is 17.8 Å². The van der Waals surface area contributed by atoms with Gasteiger partial charge in [0.25, 0.3) is 0 Å². The molecular weight excluding hydrogens is 333 g/mol. The Balaban J connectivity index is 1.86. The van der Waals surface area contributed by atoms with Gasteiger partial charge in [-0.25, -0.2) is 19.1 Å². The van der Waals surface area contributed by atoms with Crippen molar-refractivity contribution in [1.82, 2.24) is 24.6 Å². The molecule has 0 bridgehead atoms. The molecule has 2 aliphatic heterocycles. The first kappa shape index (κ1) is 17.4. The van der Waals surface area contributed by atoms with Gasteiger partial charge in [-0.3, -0.25) is 14.3 Å². The average Bonchev–Trinajstić information content (AvgIpc) is 3.10. The summed E-state index contributed by atoms with van der Waals surface area (Å²) in [6.45, 7) is 5.57. The number of nitrogens with zero attached hydrogens (tertiary/aromatic N) is 4. The molecule has 3 heterocycles. The molecule has 9 nitrogen and oxygen atoms in total. The van der Waals surface area contributed by atoms with Gasteiger partial charge in [0.05, 0.1) is 19.6 Å². The highest BCUT2D eigenvalue weighted by atomic mass is 19.1. The number of hydrogen-bond acceptors (Lipinski definition) is 5. The van der Waals surface area contributed by atoms with E-state index in [2.05, 4.69) is 10.2 Å². The summed E-state index contributed by atoms with van der Waals surface area (Å²) in [6, 6.07) is -0.937. The smallest absolute Gasteiger partial charge is 0.410 e. The van der Waals surface area contributed by atoms with E-state index in [1.165, 1.54) is 14.4 Å². The third-order valence-electron chi connectivity index (χ3n) is 4.19. The Hall–Kier alpha value is -2.39. The molecule has 138 valence electrons. The summed E-state index contributed by atoms with van der Waals surface area (Å²) in [4.78, 5) is 39.9. The minimum absolute atomic E-state index is 0.00368. The normalized spacial score (nSPS) is 23.5. The number of aromatic amines is 1. The summed E-state index contributed by atoms with van der Waals surface area (Å²) in [7, 11) is 0. The Labute approximate surface area is 143 Å². The highest BCUT2D eigenvalue weighted by Crippen LogP contribution is 2.24. The van der Waals surface area contributed by atoms with E-state index in [0.717, 1.165) is 0 Å². The third kappa shape index (κ3) is 3.52. The summed E-state index contributed by atoms with van der Waals surface area (Å²) >= 11 is 0. The number of ether oxygens (including phenoxy) is 1. The SMILES string of the molecule is CC(C)(C)OC(=O)N1Cc2n[nH]c(=O)n2[C@@H](C(=O)N2CC[C@H](F)C2)C1. The number of fused-ring (bicyclic) bond motifs is 1. The van der Waals surface area contributed by atoms with Crippen LogP contribution in [-0.4, -0.2) is 68.0 Å². The van der Waals surface area contributed by atoms with E-state index in [1.54, 1.807) is 20.8 Å². The molecule has 0 spiro atoms. The molecule has 0 radical (unpaired) electrons. The van der Waals surface area contributed by atoms with E-state index in [-0.39, 0.29) is 31.9 Å². The molecule has 1 saturated heterocycles. The monoisotopic (exact) mass is 355 g/mol.